The topological polar surface area (TPSA) is 60.1 Å². The first-order valence-corrected chi connectivity index (χ1v) is 6.46. The number of para-hydroxylation sites is 2. The van der Waals surface area contributed by atoms with Crippen LogP contribution in [0.4, 0.5) is 5.69 Å². The van der Waals surface area contributed by atoms with Gasteiger partial charge < -0.3 is 20.1 Å². The monoisotopic (exact) mass is 261 g/mol. The highest BCUT2D eigenvalue weighted by Gasteiger charge is 2.53. The second kappa shape index (κ2) is 4.42. The van der Waals surface area contributed by atoms with E-state index >= 15 is 0 Å². The van der Waals surface area contributed by atoms with Crippen LogP contribution < -0.4 is 15.4 Å². The Bertz CT molecular complexity index is 509. The predicted octanol–water partition coefficient (Wildman–Crippen LogP) is 1.38. The highest BCUT2D eigenvalue weighted by molar-refractivity contribution is 5.99. The van der Waals surface area contributed by atoms with Crippen LogP contribution in [-0.4, -0.2) is 38.4 Å². The molecule has 1 aliphatic heterocycles. The lowest BCUT2D eigenvalue weighted by atomic mass is 9.73. The van der Waals surface area contributed by atoms with Gasteiger partial charge in [-0.1, -0.05) is 12.1 Å². The summed E-state index contributed by atoms with van der Waals surface area (Å²) in [6, 6.07) is 7.91. The standard InChI is InChI=1S/C14H19N3O2/c1-18-10-7-14(8-10)9-16-13(15)17(14)11-5-3-4-6-12(11)19-2/h3-6,10H,7-9H2,1-2H3,(H2,15,16). The minimum atomic E-state index is -0.0284. The lowest BCUT2D eigenvalue weighted by molar-refractivity contribution is -0.00662. The molecule has 5 nitrogen and oxygen atoms in total. The third kappa shape index (κ3) is 1.76. The van der Waals surface area contributed by atoms with Crippen molar-refractivity contribution in [2.24, 2.45) is 10.7 Å². The van der Waals surface area contributed by atoms with Crippen molar-refractivity contribution in [2.45, 2.75) is 24.5 Å². The highest BCUT2D eigenvalue weighted by atomic mass is 16.5. The van der Waals surface area contributed by atoms with Gasteiger partial charge in [0.1, 0.15) is 5.75 Å². The van der Waals surface area contributed by atoms with Crippen LogP contribution in [-0.2, 0) is 4.74 Å². The van der Waals surface area contributed by atoms with Crippen molar-refractivity contribution in [3.63, 3.8) is 0 Å². The molecule has 1 aliphatic carbocycles. The fourth-order valence-electron chi connectivity index (χ4n) is 3.07. The molecule has 0 unspecified atom stereocenters. The number of rotatable bonds is 3. The van der Waals surface area contributed by atoms with Gasteiger partial charge in [0.05, 0.1) is 31.0 Å². The van der Waals surface area contributed by atoms with Crippen LogP contribution in [0.3, 0.4) is 0 Å². The van der Waals surface area contributed by atoms with Crippen LogP contribution in [0, 0.1) is 0 Å². The van der Waals surface area contributed by atoms with E-state index in [1.54, 1.807) is 14.2 Å². The van der Waals surface area contributed by atoms with E-state index in [4.69, 9.17) is 15.2 Å². The number of benzene rings is 1. The summed E-state index contributed by atoms with van der Waals surface area (Å²) in [6.07, 6.45) is 2.20. The molecule has 5 heteroatoms. The zero-order valence-corrected chi connectivity index (χ0v) is 11.3. The molecular weight excluding hydrogens is 242 g/mol. The summed E-state index contributed by atoms with van der Waals surface area (Å²) in [5.74, 6) is 1.39. The molecule has 1 aromatic rings. The Balaban J connectivity index is 1.95. The van der Waals surface area contributed by atoms with Crippen molar-refractivity contribution < 1.29 is 9.47 Å². The van der Waals surface area contributed by atoms with Gasteiger partial charge in [-0.3, -0.25) is 4.99 Å². The highest BCUT2D eigenvalue weighted by Crippen LogP contribution is 2.46. The van der Waals surface area contributed by atoms with E-state index in [0.717, 1.165) is 30.8 Å². The molecule has 19 heavy (non-hydrogen) atoms. The number of aliphatic imine (C=N–C) groups is 1. The van der Waals surface area contributed by atoms with Crippen LogP contribution in [0.2, 0.25) is 0 Å². The zero-order chi connectivity index (χ0) is 13.5. The Morgan fingerprint density at radius 1 is 1.32 bits per heavy atom. The van der Waals surface area contributed by atoms with Gasteiger partial charge in [0.25, 0.3) is 0 Å². The van der Waals surface area contributed by atoms with E-state index in [1.807, 2.05) is 24.3 Å². The van der Waals surface area contributed by atoms with Crippen molar-refractivity contribution in [2.75, 3.05) is 25.7 Å². The largest absolute Gasteiger partial charge is 0.495 e. The quantitative estimate of drug-likeness (QED) is 0.893. The molecule has 0 amide bonds. The number of nitrogens with two attached hydrogens (primary N) is 1. The van der Waals surface area contributed by atoms with Gasteiger partial charge in [0.15, 0.2) is 5.96 Å². The number of hydrogen-bond acceptors (Lipinski definition) is 5. The lowest BCUT2D eigenvalue weighted by Crippen LogP contribution is -2.62. The summed E-state index contributed by atoms with van der Waals surface area (Å²) in [5.41, 5.74) is 7.04. The summed E-state index contributed by atoms with van der Waals surface area (Å²) >= 11 is 0. The van der Waals surface area contributed by atoms with Gasteiger partial charge in [-0.15, -0.1) is 0 Å². The molecule has 1 aromatic carbocycles. The van der Waals surface area contributed by atoms with E-state index in [1.165, 1.54) is 0 Å². The maximum absolute atomic E-state index is 6.09. The van der Waals surface area contributed by atoms with Gasteiger partial charge in [-0.2, -0.15) is 0 Å². The van der Waals surface area contributed by atoms with E-state index < -0.39 is 0 Å². The number of ether oxygens (including phenoxy) is 2. The number of hydrogen-bond donors (Lipinski definition) is 1. The van der Waals surface area contributed by atoms with E-state index in [2.05, 4.69) is 9.89 Å². The Morgan fingerprint density at radius 2 is 2.05 bits per heavy atom. The van der Waals surface area contributed by atoms with Crippen LogP contribution in [0.15, 0.2) is 29.3 Å². The minimum Gasteiger partial charge on any atom is -0.495 e. The average Bonchev–Trinajstić information content (AvgIpc) is 2.74. The maximum atomic E-state index is 6.09. The van der Waals surface area contributed by atoms with Gasteiger partial charge in [-0.05, 0) is 25.0 Å². The Kier molecular flexibility index (Phi) is 2.86. The SMILES string of the molecule is COc1ccccc1N1C(N)=NCC12CC(OC)C2. The Hall–Kier alpha value is -1.75. The molecule has 0 radical (unpaired) electrons. The van der Waals surface area contributed by atoms with Gasteiger partial charge >= 0.3 is 0 Å². The third-order valence-corrected chi connectivity index (χ3v) is 4.11. The van der Waals surface area contributed by atoms with E-state index in [-0.39, 0.29) is 5.54 Å². The molecule has 1 heterocycles. The summed E-state index contributed by atoms with van der Waals surface area (Å²) in [6.45, 7) is 0.733. The molecule has 1 fully saturated rings. The maximum Gasteiger partial charge on any atom is 0.196 e. The molecule has 1 spiro atoms. The second-order valence-electron chi connectivity index (χ2n) is 5.17. The molecule has 0 saturated heterocycles. The first-order valence-electron chi connectivity index (χ1n) is 6.46. The number of guanidine groups is 1. The van der Waals surface area contributed by atoms with Gasteiger partial charge in [0, 0.05) is 7.11 Å². The summed E-state index contributed by atoms with van der Waals surface area (Å²) in [4.78, 5) is 6.54. The molecule has 102 valence electrons. The van der Waals surface area contributed by atoms with E-state index in [9.17, 15) is 0 Å². The minimum absolute atomic E-state index is 0.0284. The Morgan fingerprint density at radius 3 is 2.74 bits per heavy atom. The fraction of sp³-hybridized carbons (Fsp3) is 0.500. The normalized spacial score (nSPS) is 29.3. The second-order valence-corrected chi connectivity index (χ2v) is 5.17. The van der Waals surface area contributed by atoms with Crippen LogP contribution in [0.1, 0.15) is 12.8 Å². The molecule has 3 rings (SSSR count). The van der Waals surface area contributed by atoms with Crippen molar-refractivity contribution in [1.82, 2.24) is 0 Å². The molecule has 1 saturated carbocycles. The predicted molar refractivity (Wildman–Crippen MR) is 74.7 cm³/mol. The lowest BCUT2D eigenvalue weighted by Gasteiger charge is -2.50. The van der Waals surface area contributed by atoms with Crippen molar-refractivity contribution in [1.29, 1.82) is 0 Å². The summed E-state index contributed by atoms with van der Waals surface area (Å²) in [7, 11) is 3.43. The van der Waals surface area contributed by atoms with Crippen molar-refractivity contribution in [3.8, 4) is 5.75 Å². The molecule has 0 atom stereocenters. The summed E-state index contributed by atoms with van der Waals surface area (Å²) in [5, 5.41) is 0. The first-order chi connectivity index (χ1) is 9.20. The molecule has 0 bridgehead atoms. The number of methoxy groups -OCH3 is 2. The van der Waals surface area contributed by atoms with Crippen LogP contribution in [0.25, 0.3) is 0 Å². The van der Waals surface area contributed by atoms with E-state index in [0.29, 0.717) is 12.1 Å². The average molecular weight is 261 g/mol. The summed E-state index contributed by atoms with van der Waals surface area (Å²) < 4.78 is 10.8. The molecular formula is C14H19N3O2. The van der Waals surface area contributed by atoms with Crippen LogP contribution >= 0.6 is 0 Å². The fourth-order valence-corrected chi connectivity index (χ4v) is 3.07. The third-order valence-electron chi connectivity index (χ3n) is 4.11. The zero-order valence-electron chi connectivity index (χ0n) is 11.3. The molecule has 2 aliphatic rings. The molecule has 2 N–H and O–H groups in total. The van der Waals surface area contributed by atoms with Gasteiger partial charge in [-0.25, -0.2) is 0 Å². The van der Waals surface area contributed by atoms with Gasteiger partial charge in [0.2, 0.25) is 0 Å². The van der Waals surface area contributed by atoms with Crippen molar-refractivity contribution >= 4 is 11.6 Å². The number of nitrogens with zero attached hydrogens (tertiary/aromatic N) is 2. The van der Waals surface area contributed by atoms with Crippen molar-refractivity contribution in [3.05, 3.63) is 24.3 Å². The Labute approximate surface area is 113 Å². The number of anilines is 1. The molecule has 0 aromatic heterocycles. The first kappa shape index (κ1) is 12.3. The smallest absolute Gasteiger partial charge is 0.196 e. The van der Waals surface area contributed by atoms with Crippen LogP contribution in [0.5, 0.6) is 5.75 Å².